The van der Waals surface area contributed by atoms with Crippen LogP contribution in [0.1, 0.15) is 21.7 Å². The number of halogens is 1. The normalized spacial score (nSPS) is 11.3. The summed E-state index contributed by atoms with van der Waals surface area (Å²) < 4.78 is 45.1. The van der Waals surface area contributed by atoms with Crippen LogP contribution in [0.15, 0.2) is 76.2 Å². The highest BCUT2D eigenvalue weighted by Crippen LogP contribution is 2.12. The molecule has 0 aliphatic carbocycles. The molecule has 2 aromatic carbocycles. The second-order valence-electron chi connectivity index (χ2n) is 5.74. The molecular formula is C19H17FN2O4S. The first-order valence-corrected chi connectivity index (χ1v) is 9.57. The van der Waals surface area contributed by atoms with Gasteiger partial charge in [-0.1, -0.05) is 12.1 Å². The molecule has 0 aliphatic heterocycles. The molecule has 0 unspecified atom stereocenters. The maximum Gasteiger partial charge on any atom is 0.251 e. The van der Waals surface area contributed by atoms with E-state index in [9.17, 15) is 17.6 Å². The predicted octanol–water partition coefficient (Wildman–Crippen LogP) is 2.83. The SMILES string of the molecule is O=C(NCc1ccco1)c1ccc(S(=O)(=O)NCc2ccc(F)cc2)cc1. The largest absolute Gasteiger partial charge is 0.467 e. The Bertz CT molecular complexity index is 999. The third kappa shape index (κ3) is 5.02. The van der Waals surface area contributed by atoms with Crippen LogP contribution in [0, 0.1) is 5.82 Å². The number of nitrogens with one attached hydrogen (secondary N) is 2. The Hall–Kier alpha value is -2.97. The van der Waals surface area contributed by atoms with Gasteiger partial charge in [-0.15, -0.1) is 0 Å². The molecule has 3 rings (SSSR count). The van der Waals surface area contributed by atoms with E-state index in [-0.39, 0.29) is 29.7 Å². The van der Waals surface area contributed by atoms with Crippen molar-refractivity contribution in [3.05, 3.63) is 89.6 Å². The number of rotatable bonds is 7. The van der Waals surface area contributed by atoms with Crippen LogP contribution in [0.3, 0.4) is 0 Å². The Morgan fingerprint density at radius 2 is 1.67 bits per heavy atom. The molecule has 140 valence electrons. The van der Waals surface area contributed by atoms with Gasteiger partial charge in [0.05, 0.1) is 17.7 Å². The molecule has 1 aromatic heterocycles. The fourth-order valence-electron chi connectivity index (χ4n) is 2.33. The van der Waals surface area contributed by atoms with Gasteiger partial charge < -0.3 is 9.73 Å². The molecule has 0 aliphatic rings. The van der Waals surface area contributed by atoms with Gasteiger partial charge in [-0.3, -0.25) is 4.79 Å². The fraction of sp³-hybridized carbons (Fsp3) is 0.105. The first kappa shape index (κ1) is 18.8. The Kier molecular flexibility index (Phi) is 5.68. The van der Waals surface area contributed by atoms with Crippen LogP contribution in [0.5, 0.6) is 0 Å². The van der Waals surface area contributed by atoms with Gasteiger partial charge in [0.25, 0.3) is 5.91 Å². The zero-order valence-corrected chi connectivity index (χ0v) is 15.0. The summed E-state index contributed by atoms with van der Waals surface area (Å²) in [5.74, 6) is -0.107. The highest BCUT2D eigenvalue weighted by molar-refractivity contribution is 7.89. The lowest BCUT2D eigenvalue weighted by atomic mass is 10.2. The summed E-state index contributed by atoms with van der Waals surface area (Å²) in [6, 6.07) is 14.6. The molecule has 0 atom stereocenters. The maximum atomic E-state index is 12.9. The van der Waals surface area contributed by atoms with Gasteiger partial charge in [0.2, 0.25) is 10.0 Å². The summed E-state index contributed by atoms with van der Waals surface area (Å²) >= 11 is 0. The minimum absolute atomic E-state index is 0.0344. The number of carbonyl (C=O) groups is 1. The number of hydrogen-bond donors (Lipinski definition) is 2. The number of hydrogen-bond acceptors (Lipinski definition) is 4. The van der Waals surface area contributed by atoms with Crippen molar-refractivity contribution in [2.24, 2.45) is 0 Å². The van der Waals surface area contributed by atoms with Crippen LogP contribution in [0.2, 0.25) is 0 Å². The molecule has 1 amide bonds. The summed E-state index contributed by atoms with van der Waals surface area (Å²) in [6.45, 7) is 0.277. The van der Waals surface area contributed by atoms with E-state index in [0.29, 0.717) is 16.9 Å². The van der Waals surface area contributed by atoms with Crippen LogP contribution in [0.4, 0.5) is 4.39 Å². The molecule has 1 heterocycles. The average Bonchev–Trinajstić information content (AvgIpc) is 3.19. The Morgan fingerprint density at radius 3 is 2.30 bits per heavy atom. The first-order chi connectivity index (χ1) is 12.9. The highest BCUT2D eigenvalue weighted by atomic mass is 32.2. The van der Waals surface area contributed by atoms with Crippen LogP contribution >= 0.6 is 0 Å². The fourth-order valence-corrected chi connectivity index (χ4v) is 3.35. The zero-order valence-electron chi connectivity index (χ0n) is 14.2. The number of carbonyl (C=O) groups excluding carboxylic acids is 1. The number of sulfonamides is 1. The quantitative estimate of drug-likeness (QED) is 0.651. The molecule has 8 heteroatoms. The second-order valence-corrected chi connectivity index (χ2v) is 7.50. The van der Waals surface area contributed by atoms with E-state index < -0.39 is 10.0 Å². The van der Waals surface area contributed by atoms with Gasteiger partial charge in [0.1, 0.15) is 11.6 Å². The minimum atomic E-state index is -3.75. The molecular weight excluding hydrogens is 371 g/mol. The molecule has 0 spiro atoms. The summed E-state index contributed by atoms with van der Waals surface area (Å²) in [7, 11) is -3.75. The average molecular weight is 388 g/mol. The summed E-state index contributed by atoms with van der Waals surface area (Å²) in [4.78, 5) is 12.1. The van der Waals surface area contributed by atoms with Crippen molar-refractivity contribution in [1.82, 2.24) is 10.0 Å². The molecule has 6 nitrogen and oxygen atoms in total. The third-order valence-electron chi connectivity index (χ3n) is 3.81. The van der Waals surface area contributed by atoms with Crippen molar-refractivity contribution < 1.29 is 22.0 Å². The van der Waals surface area contributed by atoms with Crippen molar-refractivity contribution in [2.45, 2.75) is 18.0 Å². The van der Waals surface area contributed by atoms with Crippen LogP contribution < -0.4 is 10.0 Å². The number of amides is 1. The van der Waals surface area contributed by atoms with E-state index in [2.05, 4.69) is 10.0 Å². The van der Waals surface area contributed by atoms with Gasteiger partial charge in [0.15, 0.2) is 0 Å². The number of furan rings is 1. The smallest absolute Gasteiger partial charge is 0.251 e. The third-order valence-corrected chi connectivity index (χ3v) is 5.23. The van der Waals surface area contributed by atoms with Crippen molar-refractivity contribution in [1.29, 1.82) is 0 Å². The van der Waals surface area contributed by atoms with Crippen LogP contribution in [0.25, 0.3) is 0 Å². The molecule has 0 bridgehead atoms. The van der Waals surface area contributed by atoms with Gasteiger partial charge in [0, 0.05) is 12.1 Å². The Morgan fingerprint density at radius 1 is 0.963 bits per heavy atom. The molecule has 2 N–H and O–H groups in total. The lowest BCUT2D eigenvalue weighted by Crippen LogP contribution is -2.24. The molecule has 0 saturated heterocycles. The monoisotopic (exact) mass is 388 g/mol. The molecule has 0 saturated carbocycles. The lowest BCUT2D eigenvalue weighted by molar-refractivity contribution is 0.0948. The summed E-state index contributed by atoms with van der Waals surface area (Å²) in [5, 5.41) is 2.68. The second kappa shape index (κ2) is 8.15. The number of benzene rings is 2. The van der Waals surface area contributed by atoms with E-state index in [1.54, 1.807) is 12.1 Å². The topological polar surface area (TPSA) is 88.4 Å². The van der Waals surface area contributed by atoms with E-state index in [1.165, 1.54) is 54.8 Å². The van der Waals surface area contributed by atoms with Crippen molar-refractivity contribution in [3.8, 4) is 0 Å². The minimum Gasteiger partial charge on any atom is -0.467 e. The first-order valence-electron chi connectivity index (χ1n) is 8.09. The standard InChI is InChI=1S/C19H17FN2O4S/c20-16-7-3-14(4-8-16)12-22-27(24,25)18-9-5-15(6-10-18)19(23)21-13-17-2-1-11-26-17/h1-11,22H,12-13H2,(H,21,23). The van der Waals surface area contributed by atoms with Crippen molar-refractivity contribution in [3.63, 3.8) is 0 Å². The molecule has 3 aromatic rings. The van der Waals surface area contributed by atoms with Crippen molar-refractivity contribution in [2.75, 3.05) is 0 Å². The van der Waals surface area contributed by atoms with Gasteiger partial charge in [-0.25, -0.2) is 17.5 Å². The highest BCUT2D eigenvalue weighted by Gasteiger charge is 2.15. The molecule has 0 fully saturated rings. The van der Waals surface area contributed by atoms with Gasteiger partial charge >= 0.3 is 0 Å². The van der Waals surface area contributed by atoms with E-state index in [4.69, 9.17) is 4.42 Å². The van der Waals surface area contributed by atoms with Crippen LogP contribution in [-0.4, -0.2) is 14.3 Å². The predicted molar refractivity (Wildman–Crippen MR) is 96.7 cm³/mol. The lowest BCUT2D eigenvalue weighted by Gasteiger charge is -2.08. The van der Waals surface area contributed by atoms with Crippen LogP contribution in [-0.2, 0) is 23.1 Å². The summed E-state index contributed by atoms with van der Waals surface area (Å²) in [5.41, 5.74) is 0.966. The Balaban J connectivity index is 1.61. The van der Waals surface area contributed by atoms with Gasteiger partial charge in [-0.05, 0) is 54.1 Å². The zero-order chi connectivity index (χ0) is 19.3. The molecule has 27 heavy (non-hydrogen) atoms. The maximum absolute atomic E-state index is 12.9. The van der Waals surface area contributed by atoms with Crippen molar-refractivity contribution >= 4 is 15.9 Å². The Labute approximate surface area is 156 Å². The molecule has 0 radical (unpaired) electrons. The summed E-state index contributed by atoms with van der Waals surface area (Å²) in [6.07, 6.45) is 1.51. The van der Waals surface area contributed by atoms with Gasteiger partial charge in [-0.2, -0.15) is 0 Å². The van der Waals surface area contributed by atoms with E-state index >= 15 is 0 Å². The van der Waals surface area contributed by atoms with E-state index in [0.717, 1.165) is 0 Å². The van der Waals surface area contributed by atoms with E-state index in [1.807, 2.05) is 0 Å².